The Morgan fingerprint density at radius 3 is 3.07 bits per heavy atom. The van der Waals surface area contributed by atoms with Crippen LogP contribution < -0.4 is 5.32 Å². The van der Waals surface area contributed by atoms with Gasteiger partial charge in [0.05, 0.1) is 0 Å². The predicted octanol–water partition coefficient (Wildman–Crippen LogP) is 2.49. The Kier molecular flexibility index (Phi) is 1.86. The van der Waals surface area contributed by atoms with E-state index in [1.54, 1.807) is 0 Å². The van der Waals surface area contributed by atoms with Crippen molar-refractivity contribution in [2.75, 3.05) is 13.1 Å². The molecule has 74 valence electrons. The molecule has 1 heterocycles. The van der Waals surface area contributed by atoms with Crippen LogP contribution in [0.3, 0.4) is 0 Å². The van der Waals surface area contributed by atoms with E-state index in [0.717, 1.165) is 10.9 Å². The van der Waals surface area contributed by atoms with Crippen molar-refractivity contribution in [3.8, 4) is 0 Å². The van der Waals surface area contributed by atoms with Gasteiger partial charge in [-0.3, -0.25) is 0 Å². The van der Waals surface area contributed by atoms with Gasteiger partial charge in [-0.25, -0.2) is 0 Å². The molecule has 1 aliphatic carbocycles. The van der Waals surface area contributed by atoms with Crippen molar-refractivity contribution in [2.45, 2.75) is 12.8 Å². The summed E-state index contributed by atoms with van der Waals surface area (Å²) in [7, 11) is 0. The van der Waals surface area contributed by atoms with Crippen molar-refractivity contribution < 1.29 is 0 Å². The van der Waals surface area contributed by atoms with Gasteiger partial charge in [-0.1, -0.05) is 23.7 Å². The van der Waals surface area contributed by atoms with E-state index in [0.29, 0.717) is 5.41 Å². The van der Waals surface area contributed by atoms with E-state index in [4.69, 9.17) is 11.6 Å². The molecule has 1 saturated carbocycles. The first-order valence-electron chi connectivity index (χ1n) is 5.24. The lowest BCUT2D eigenvalue weighted by atomic mass is 9.96. The van der Waals surface area contributed by atoms with Crippen molar-refractivity contribution in [2.24, 2.45) is 11.3 Å². The Morgan fingerprint density at radius 1 is 1.50 bits per heavy atom. The van der Waals surface area contributed by atoms with E-state index in [9.17, 15) is 0 Å². The monoisotopic (exact) mass is 207 g/mol. The van der Waals surface area contributed by atoms with Crippen molar-refractivity contribution in [1.82, 2.24) is 5.32 Å². The van der Waals surface area contributed by atoms with E-state index in [2.05, 4.69) is 17.4 Å². The van der Waals surface area contributed by atoms with Gasteiger partial charge >= 0.3 is 0 Å². The minimum atomic E-state index is 0.588. The maximum absolute atomic E-state index is 5.97. The van der Waals surface area contributed by atoms with Crippen molar-refractivity contribution >= 4 is 11.6 Å². The van der Waals surface area contributed by atoms with E-state index in [-0.39, 0.29) is 0 Å². The lowest BCUT2D eigenvalue weighted by Crippen LogP contribution is -2.17. The predicted molar refractivity (Wildman–Crippen MR) is 58.6 cm³/mol. The number of hydrogen-bond donors (Lipinski definition) is 1. The molecule has 3 rings (SSSR count). The average Bonchev–Trinajstić information content (AvgIpc) is 2.67. The molecule has 0 amide bonds. The summed E-state index contributed by atoms with van der Waals surface area (Å²) in [6.07, 6.45) is 2.61. The first-order valence-corrected chi connectivity index (χ1v) is 5.61. The lowest BCUT2D eigenvalue weighted by Gasteiger charge is -2.11. The smallest absolute Gasteiger partial charge is 0.0408 e. The van der Waals surface area contributed by atoms with Gasteiger partial charge in [0.25, 0.3) is 0 Å². The van der Waals surface area contributed by atoms with Gasteiger partial charge in [0.15, 0.2) is 0 Å². The summed E-state index contributed by atoms with van der Waals surface area (Å²) in [6, 6.07) is 8.28. The molecule has 0 bridgehead atoms. The fourth-order valence-corrected chi connectivity index (χ4v) is 2.98. The van der Waals surface area contributed by atoms with E-state index >= 15 is 0 Å². The highest BCUT2D eigenvalue weighted by molar-refractivity contribution is 6.30. The molecule has 2 unspecified atom stereocenters. The molecule has 1 nitrogen and oxygen atoms in total. The van der Waals surface area contributed by atoms with E-state index < -0.39 is 0 Å². The number of rotatable bonds is 2. The third-order valence-electron chi connectivity index (χ3n) is 3.67. The Labute approximate surface area is 89.5 Å². The average molecular weight is 208 g/mol. The summed E-state index contributed by atoms with van der Waals surface area (Å²) in [5.41, 5.74) is 1.98. The summed E-state index contributed by atoms with van der Waals surface area (Å²) in [5.74, 6) is 0.932. The summed E-state index contributed by atoms with van der Waals surface area (Å²) in [6.45, 7) is 2.42. The fourth-order valence-electron chi connectivity index (χ4n) is 2.76. The highest BCUT2D eigenvalue weighted by Crippen LogP contribution is 2.56. The van der Waals surface area contributed by atoms with Crippen molar-refractivity contribution in [1.29, 1.82) is 0 Å². The number of fused-ring (bicyclic) bond motifs is 1. The third kappa shape index (κ3) is 1.35. The Bertz CT molecular complexity index is 363. The molecule has 1 N–H and O–H groups in total. The van der Waals surface area contributed by atoms with Crippen molar-refractivity contribution in [3.05, 3.63) is 34.9 Å². The molecule has 2 fully saturated rings. The number of benzene rings is 1. The molecular formula is C12H14ClN. The quantitative estimate of drug-likeness (QED) is 0.786. The molecule has 14 heavy (non-hydrogen) atoms. The topological polar surface area (TPSA) is 12.0 Å². The van der Waals surface area contributed by atoms with Crippen LogP contribution in [0.25, 0.3) is 0 Å². The summed E-state index contributed by atoms with van der Waals surface area (Å²) in [4.78, 5) is 0. The molecule has 2 aliphatic rings. The summed E-state index contributed by atoms with van der Waals surface area (Å²) >= 11 is 5.97. The van der Waals surface area contributed by atoms with Gasteiger partial charge in [-0.05, 0) is 48.4 Å². The van der Waals surface area contributed by atoms with Crippen LogP contribution in [-0.2, 0) is 6.42 Å². The molecule has 1 aromatic carbocycles. The largest absolute Gasteiger partial charge is 0.316 e. The fraction of sp³-hybridized carbons (Fsp3) is 0.500. The summed E-state index contributed by atoms with van der Waals surface area (Å²) in [5, 5.41) is 4.33. The first kappa shape index (κ1) is 8.75. The number of nitrogens with one attached hydrogen (secondary N) is 1. The normalized spacial score (nSPS) is 34.2. The molecule has 0 spiro atoms. The maximum atomic E-state index is 5.97. The van der Waals surface area contributed by atoms with Crippen LogP contribution in [0.1, 0.15) is 12.0 Å². The van der Waals surface area contributed by atoms with Crippen LogP contribution in [-0.4, -0.2) is 13.1 Å². The molecule has 1 saturated heterocycles. The number of piperidine rings is 1. The molecule has 1 aromatic rings. The van der Waals surface area contributed by atoms with E-state index in [1.165, 1.54) is 31.5 Å². The van der Waals surface area contributed by atoms with Crippen LogP contribution in [0.5, 0.6) is 0 Å². The third-order valence-corrected chi connectivity index (χ3v) is 3.91. The second kappa shape index (κ2) is 2.98. The minimum Gasteiger partial charge on any atom is -0.316 e. The zero-order valence-corrected chi connectivity index (χ0v) is 8.85. The van der Waals surface area contributed by atoms with Crippen LogP contribution in [0.2, 0.25) is 5.02 Å². The Hall–Kier alpha value is -0.530. The van der Waals surface area contributed by atoms with Crippen LogP contribution in [0.15, 0.2) is 24.3 Å². The zero-order chi connectivity index (χ0) is 9.60. The Morgan fingerprint density at radius 2 is 2.43 bits per heavy atom. The van der Waals surface area contributed by atoms with Crippen LogP contribution >= 0.6 is 11.6 Å². The van der Waals surface area contributed by atoms with Gasteiger partial charge in [0.2, 0.25) is 0 Å². The first-order chi connectivity index (χ1) is 6.78. The van der Waals surface area contributed by atoms with Gasteiger partial charge in [0, 0.05) is 11.6 Å². The number of halogens is 1. The standard InChI is InChI=1S/C12H14ClN/c13-11-3-1-2-9(4-11)5-12-6-10(12)7-14-8-12/h1-4,10,14H,5-8H2. The van der Waals surface area contributed by atoms with Gasteiger partial charge in [-0.2, -0.15) is 0 Å². The van der Waals surface area contributed by atoms with E-state index in [1.807, 2.05) is 12.1 Å². The second-order valence-electron chi connectivity index (χ2n) is 4.70. The van der Waals surface area contributed by atoms with Crippen LogP contribution in [0, 0.1) is 11.3 Å². The molecule has 0 radical (unpaired) electrons. The van der Waals surface area contributed by atoms with Gasteiger partial charge < -0.3 is 5.32 Å². The second-order valence-corrected chi connectivity index (χ2v) is 5.14. The molecule has 0 aromatic heterocycles. The maximum Gasteiger partial charge on any atom is 0.0408 e. The molecule has 2 atom stereocenters. The molecular weight excluding hydrogens is 194 g/mol. The van der Waals surface area contributed by atoms with Crippen LogP contribution in [0.4, 0.5) is 0 Å². The highest BCUT2D eigenvalue weighted by Gasteiger charge is 2.56. The number of hydrogen-bond acceptors (Lipinski definition) is 1. The molecule has 1 aliphatic heterocycles. The zero-order valence-electron chi connectivity index (χ0n) is 8.09. The van der Waals surface area contributed by atoms with Gasteiger partial charge in [0.1, 0.15) is 0 Å². The lowest BCUT2D eigenvalue weighted by molar-refractivity contribution is 0.512. The highest BCUT2D eigenvalue weighted by atomic mass is 35.5. The van der Waals surface area contributed by atoms with Gasteiger partial charge in [-0.15, -0.1) is 0 Å². The summed E-state index contributed by atoms with van der Waals surface area (Å²) < 4.78 is 0. The SMILES string of the molecule is Clc1cccc(CC23CNCC2C3)c1. The minimum absolute atomic E-state index is 0.588. The van der Waals surface area contributed by atoms with Crippen molar-refractivity contribution in [3.63, 3.8) is 0 Å². The molecule has 2 heteroatoms. The Balaban J connectivity index is 1.79.